The lowest BCUT2D eigenvalue weighted by Gasteiger charge is -2.41. The second kappa shape index (κ2) is 7.47. The lowest BCUT2D eigenvalue weighted by Crippen LogP contribution is -2.48. The van der Waals surface area contributed by atoms with Crippen LogP contribution in [0.1, 0.15) is 68.3 Å². The SMILES string of the molecule is COc1nccc(C(=O)N2CCCCC2CC2(O)CCCCC2)n1. The number of piperidine rings is 1. The monoisotopic (exact) mass is 333 g/mol. The molecule has 1 aromatic heterocycles. The van der Waals surface area contributed by atoms with E-state index in [1.165, 1.54) is 13.5 Å². The van der Waals surface area contributed by atoms with Gasteiger partial charge in [0.1, 0.15) is 5.69 Å². The molecular formula is C18H27N3O3. The third-order valence-corrected chi connectivity index (χ3v) is 5.32. The van der Waals surface area contributed by atoms with Crippen molar-refractivity contribution in [1.29, 1.82) is 0 Å². The Labute approximate surface area is 143 Å². The van der Waals surface area contributed by atoms with Crippen molar-refractivity contribution in [3.63, 3.8) is 0 Å². The van der Waals surface area contributed by atoms with Gasteiger partial charge in [0, 0.05) is 18.8 Å². The molecule has 1 saturated carbocycles. The van der Waals surface area contributed by atoms with Gasteiger partial charge < -0.3 is 14.7 Å². The molecule has 1 aliphatic heterocycles. The first kappa shape index (κ1) is 17.1. The van der Waals surface area contributed by atoms with E-state index in [2.05, 4.69) is 9.97 Å². The summed E-state index contributed by atoms with van der Waals surface area (Å²) in [5.41, 5.74) is -0.244. The number of methoxy groups -OCH3 is 1. The number of amides is 1. The van der Waals surface area contributed by atoms with Crippen molar-refractivity contribution in [1.82, 2.24) is 14.9 Å². The number of rotatable bonds is 4. The van der Waals surface area contributed by atoms with Crippen molar-refractivity contribution in [3.05, 3.63) is 18.0 Å². The number of ether oxygens (including phenoxy) is 1. The summed E-state index contributed by atoms with van der Waals surface area (Å²) in [7, 11) is 1.49. The smallest absolute Gasteiger partial charge is 0.316 e. The van der Waals surface area contributed by atoms with E-state index in [4.69, 9.17) is 4.74 Å². The molecule has 0 spiro atoms. The van der Waals surface area contributed by atoms with Crippen LogP contribution in [0.3, 0.4) is 0 Å². The van der Waals surface area contributed by atoms with Crippen molar-refractivity contribution in [2.45, 2.75) is 69.4 Å². The Hall–Kier alpha value is -1.69. The van der Waals surface area contributed by atoms with E-state index in [9.17, 15) is 9.90 Å². The van der Waals surface area contributed by atoms with Gasteiger partial charge in [0.2, 0.25) is 0 Å². The van der Waals surface area contributed by atoms with E-state index >= 15 is 0 Å². The number of carbonyl (C=O) groups excluding carboxylic acids is 1. The first-order valence-corrected chi connectivity index (χ1v) is 9.02. The lowest BCUT2D eigenvalue weighted by molar-refractivity contribution is -0.0297. The summed E-state index contributed by atoms with van der Waals surface area (Å²) in [4.78, 5) is 23.0. The zero-order chi connectivity index (χ0) is 17.0. The van der Waals surface area contributed by atoms with Crippen molar-refractivity contribution in [2.24, 2.45) is 0 Å². The van der Waals surface area contributed by atoms with Crippen molar-refractivity contribution in [2.75, 3.05) is 13.7 Å². The Morgan fingerprint density at radius 1 is 1.33 bits per heavy atom. The van der Waals surface area contributed by atoms with Crippen LogP contribution in [0.2, 0.25) is 0 Å². The Bertz CT molecular complexity index is 572. The number of nitrogens with zero attached hydrogens (tertiary/aromatic N) is 3. The second-order valence-electron chi connectivity index (χ2n) is 7.07. The van der Waals surface area contributed by atoms with E-state index in [0.717, 1.165) is 51.5 Å². The zero-order valence-corrected chi connectivity index (χ0v) is 14.4. The van der Waals surface area contributed by atoms with E-state index < -0.39 is 5.60 Å². The molecule has 1 aromatic rings. The van der Waals surface area contributed by atoms with Crippen LogP contribution in [0.5, 0.6) is 6.01 Å². The molecule has 1 saturated heterocycles. The Kier molecular flexibility index (Phi) is 5.33. The molecular weight excluding hydrogens is 306 g/mol. The van der Waals surface area contributed by atoms with Gasteiger partial charge in [-0.15, -0.1) is 0 Å². The van der Waals surface area contributed by atoms with Crippen molar-refractivity contribution < 1.29 is 14.6 Å². The van der Waals surface area contributed by atoms with Crippen LogP contribution in [-0.2, 0) is 0 Å². The maximum absolute atomic E-state index is 12.9. The summed E-state index contributed by atoms with van der Waals surface area (Å²) in [5.74, 6) is -0.0835. The predicted octanol–water partition coefficient (Wildman–Crippen LogP) is 2.57. The number of aliphatic hydroxyl groups is 1. The van der Waals surface area contributed by atoms with Crippen LogP contribution >= 0.6 is 0 Å². The van der Waals surface area contributed by atoms with Crippen LogP contribution in [0.25, 0.3) is 0 Å². The van der Waals surface area contributed by atoms with E-state index in [-0.39, 0.29) is 18.0 Å². The Morgan fingerprint density at radius 3 is 2.88 bits per heavy atom. The normalized spacial score (nSPS) is 23.8. The Morgan fingerprint density at radius 2 is 2.12 bits per heavy atom. The van der Waals surface area contributed by atoms with Crippen LogP contribution in [0.15, 0.2) is 12.3 Å². The minimum atomic E-state index is -0.609. The van der Waals surface area contributed by atoms with Gasteiger partial charge in [-0.25, -0.2) is 4.98 Å². The molecule has 0 aromatic carbocycles. The maximum atomic E-state index is 12.9. The lowest BCUT2D eigenvalue weighted by atomic mass is 9.78. The second-order valence-corrected chi connectivity index (χ2v) is 7.07. The van der Waals surface area contributed by atoms with Gasteiger partial charge in [0.25, 0.3) is 5.91 Å². The summed E-state index contributed by atoms with van der Waals surface area (Å²) in [6.45, 7) is 0.728. The minimum Gasteiger partial charge on any atom is -0.467 e. The average molecular weight is 333 g/mol. The fourth-order valence-electron chi connectivity index (χ4n) is 4.04. The van der Waals surface area contributed by atoms with Gasteiger partial charge in [-0.3, -0.25) is 4.79 Å². The highest BCUT2D eigenvalue weighted by atomic mass is 16.5. The highest BCUT2D eigenvalue weighted by Gasteiger charge is 2.37. The van der Waals surface area contributed by atoms with E-state index in [1.807, 2.05) is 4.90 Å². The fourth-order valence-corrected chi connectivity index (χ4v) is 4.04. The van der Waals surface area contributed by atoms with Crippen LogP contribution in [0, 0.1) is 0 Å². The molecule has 1 amide bonds. The van der Waals surface area contributed by atoms with Gasteiger partial charge in [0.05, 0.1) is 12.7 Å². The Balaban J connectivity index is 1.74. The third kappa shape index (κ3) is 3.86. The third-order valence-electron chi connectivity index (χ3n) is 5.32. The molecule has 1 atom stereocenters. The number of carbonyl (C=O) groups is 1. The first-order chi connectivity index (χ1) is 11.6. The standard InChI is InChI=1S/C18H27N3O3/c1-24-17-19-11-8-15(20-17)16(22)21-12-6-3-7-14(21)13-18(23)9-4-2-5-10-18/h8,11,14,23H,2-7,9-10,12-13H2,1H3. The number of likely N-dealkylation sites (tertiary alicyclic amines) is 1. The van der Waals surface area contributed by atoms with Gasteiger partial charge in [0.15, 0.2) is 0 Å². The largest absolute Gasteiger partial charge is 0.467 e. The molecule has 3 rings (SSSR count). The molecule has 0 radical (unpaired) electrons. The average Bonchev–Trinajstić information content (AvgIpc) is 2.62. The molecule has 1 unspecified atom stereocenters. The van der Waals surface area contributed by atoms with Crippen molar-refractivity contribution in [3.8, 4) is 6.01 Å². The number of aromatic nitrogens is 2. The highest BCUT2D eigenvalue weighted by Crippen LogP contribution is 2.35. The van der Waals surface area contributed by atoms with Gasteiger partial charge >= 0.3 is 6.01 Å². The first-order valence-electron chi connectivity index (χ1n) is 9.02. The van der Waals surface area contributed by atoms with Gasteiger partial charge in [-0.1, -0.05) is 19.3 Å². The fraction of sp³-hybridized carbons (Fsp3) is 0.722. The summed E-state index contributed by atoms with van der Waals surface area (Å²) >= 11 is 0. The summed E-state index contributed by atoms with van der Waals surface area (Å²) in [5, 5.41) is 10.9. The van der Waals surface area contributed by atoms with E-state index in [0.29, 0.717) is 12.1 Å². The molecule has 6 nitrogen and oxygen atoms in total. The predicted molar refractivity (Wildman–Crippen MR) is 89.9 cm³/mol. The molecule has 6 heteroatoms. The molecule has 1 N–H and O–H groups in total. The van der Waals surface area contributed by atoms with Gasteiger partial charge in [-0.05, 0) is 44.6 Å². The quantitative estimate of drug-likeness (QED) is 0.916. The topological polar surface area (TPSA) is 75.5 Å². The zero-order valence-electron chi connectivity index (χ0n) is 14.4. The van der Waals surface area contributed by atoms with Crippen molar-refractivity contribution >= 4 is 5.91 Å². The maximum Gasteiger partial charge on any atom is 0.316 e. The summed E-state index contributed by atoms with van der Waals surface area (Å²) in [6.07, 6.45) is 10.4. The summed E-state index contributed by atoms with van der Waals surface area (Å²) < 4.78 is 5.02. The summed E-state index contributed by atoms with van der Waals surface area (Å²) in [6, 6.07) is 1.93. The van der Waals surface area contributed by atoms with Crippen LogP contribution in [-0.4, -0.2) is 51.2 Å². The van der Waals surface area contributed by atoms with Crippen LogP contribution in [0.4, 0.5) is 0 Å². The molecule has 2 aliphatic rings. The molecule has 2 heterocycles. The molecule has 1 aliphatic carbocycles. The van der Waals surface area contributed by atoms with E-state index in [1.54, 1.807) is 12.3 Å². The highest BCUT2D eigenvalue weighted by molar-refractivity contribution is 5.92. The molecule has 2 fully saturated rings. The minimum absolute atomic E-state index is 0.0835. The van der Waals surface area contributed by atoms with Gasteiger partial charge in [-0.2, -0.15) is 4.98 Å². The number of hydrogen-bond donors (Lipinski definition) is 1. The molecule has 0 bridgehead atoms. The molecule has 132 valence electrons. The van der Waals surface area contributed by atoms with Crippen LogP contribution < -0.4 is 4.74 Å². The molecule has 24 heavy (non-hydrogen) atoms. The number of hydrogen-bond acceptors (Lipinski definition) is 5.